The van der Waals surface area contributed by atoms with Crippen LogP contribution in [0.4, 0.5) is 13.2 Å². The van der Waals surface area contributed by atoms with Crippen molar-refractivity contribution in [2.45, 2.75) is 46.5 Å². The lowest BCUT2D eigenvalue weighted by atomic mass is 9.91. The lowest BCUT2D eigenvalue weighted by molar-refractivity contribution is -0.192. The van der Waals surface area contributed by atoms with E-state index in [9.17, 15) is 22.8 Å². The predicted molar refractivity (Wildman–Crippen MR) is 155 cm³/mol. The predicted octanol–water partition coefficient (Wildman–Crippen LogP) is 4.86. The molecule has 3 aromatic rings. The van der Waals surface area contributed by atoms with E-state index >= 15 is 0 Å². The average molecular weight is 619 g/mol. The van der Waals surface area contributed by atoms with Gasteiger partial charge in [-0.2, -0.15) is 13.2 Å². The van der Waals surface area contributed by atoms with E-state index in [0.717, 1.165) is 16.9 Å². The maximum Gasteiger partial charge on any atom is 0.490 e. The third-order valence-corrected chi connectivity index (χ3v) is 6.68. The fraction of sp³-hybridized carbons (Fsp3) is 0.419. The molecule has 0 aliphatic carbocycles. The number of ether oxygens (including phenoxy) is 1. The second-order valence-corrected chi connectivity index (χ2v) is 11.0. The number of aromatic nitrogens is 1. The van der Waals surface area contributed by atoms with Gasteiger partial charge in [0.15, 0.2) is 11.6 Å². The summed E-state index contributed by atoms with van der Waals surface area (Å²) < 4.78 is 42.7. The van der Waals surface area contributed by atoms with Gasteiger partial charge in [-0.25, -0.2) is 9.78 Å². The van der Waals surface area contributed by atoms with Crippen molar-refractivity contribution in [1.82, 2.24) is 20.1 Å². The van der Waals surface area contributed by atoms with E-state index in [4.69, 9.17) is 19.1 Å². The van der Waals surface area contributed by atoms with E-state index in [0.29, 0.717) is 50.9 Å². The monoisotopic (exact) mass is 618 g/mol. The van der Waals surface area contributed by atoms with Gasteiger partial charge in [0.05, 0.1) is 6.61 Å². The van der Waals surface area contributed by atoms with Gasteiger partial charge >= 0.3 is 12.1 Å². The van der Waals surface area contributed by atoms with Gasteiger partial charge in [0.2, 0.25) is 5.91 Å². The molecule has 0 bridgehead atoms. The second kappa shape index (κ2) is 14.9. The Morgan fingerprint density at radius 2 is 1.77 bits per heavy atom. The second-order valence-electron chi connectivity index (χ2n) is 11.0. The van der Waals surface area contributed by atoms with Gasteiger partial charge in [-0.05, 0) is 35.6 Å². The standard InChI is InChI=1S/C29H36N4O4.C2HF3O2/c1-5-36-24-13-9-12-23(16-24)26(27(34)30-17-22-10-7-6-8-11-22)32-14-15-33(20-29(3,4)19-32)28(35)25-18-37-21(2)31-25;3-2(4,5)1(6)7/h6-13,16,18,26H,5,14-15,17,19-20H2,1-4H3,(H,30,34);(H,6,7). The third kappa shape index (κ3) is 9.83. The van der Waals surface area contributed by atoms with Crippen LogP contribution in [0.25, 0.3) is 0 Å². The van der Waals surface area contributed by atoms with Crippen molar-refractivity contribution in [3.63, 3.8) is 0 Å². The zero-order chi connectivity index (χ0) is 32.5. The van der Waals surface area contributed by atoms with E-state index in [1.54, 1.807) is 6.92 Å². The first-order chi connectivity index (χ1) is 20.7. The number of nitrogens with zero attached hydrogens (tertiary/aromatic N) is 3. The van der Waals surface area contributed by atoms with Crippen molar-refractivity contribution >= 4 is 17.8 Å². The first kappa shape index (κ1) is 34.1. The number of carboxylic acid groups (broad SMARTS) is 1. The SMILES string of the molecule is CCOc1cccc(C(C(=O)NCc2ccccc2)N2CCN(C(=O)c3coc(C)n3)CC(C)(C)C2)c1.O=C(O)C(F)(F)F. The molecule has 1 aliphatic rings. The minimum atomic E-state index is -5.08. The number of carbonyl (C=O) groups is 3. The first-order valence-electron chi connectivity index (χ1n) is 14.0. The van der Waals surface area contributed by atoms with Crippen LogP contribution < -0.4 is 10.1 Å². The largest absolute Gasteiger partial charge is 0.494 e. The maximum atomic E-state index is 13.8. The van der Waals surface area contributed by atoms with E-state index < -0.39 is 18.2 Å². The molecule has 2 N–H and O–H groups in total. The molecule has 0 spiro atoms. The van der Waals surface area contributed by atoms with E-state index in [1.165, 1.54) is 6.26 Å². The van der Waals surface area contributed by atoms with Crippen LogP contribution in [-0.2, 0) is 16.1 Å². The minimum Gasteiger partial charge on any atom is -0.494 e. The summed E-state index contributed by atoms with van der Waals surface area (Å²) in [4.78, 5) is 44.1. The van der Waals surface area contributed by atoms with Crippen molar-refractivity contribution in [2.75, 3.05) is 32.8 Å². The van der Waals surface area contributed by atoms with Gasteiger partial charge in [-0.15, -0.1) is 0 Å². The summed E-state index contributed by atoms with van der Waals surface area (Å²) >= 11 is 0. The summed E-state index contributed by atoms with van der Waals surface area (Å²) in [5.41, 5.74) is 1.94. The van der Waals surface area contributed by atoms with Crippen molar-refractivity contribution in [1.29, 1.82) is 0 Å². The Labute approximate surface area is 253 Å². The average Bonchev–Trinajstić information content (AvgIpc) is 3.33. The molecule has 2 heterocycles. The Bertz CT molecular complexity index is 1410. The zero-order valence-electron chi connectivity index (χ0n) is 25.1. The Morgan fingerprint density at radius 1 is 1.09 bits per heavy atom. The molecule has 1 saturated heterocycles. The van der Waals surface area contributed by atoms with Crippen LogP contribution in [0.3, 0.4) is 0 Å². The first-order valence-corrected chi connectivity index (χ1v) is 14.0. The van der Waals surface area contributed by atoms with Crippen LogP contribution >= 0.6 is 0 Å². The number of halogens is 3. The molecule has 4 rings (SSSR count). The zero-order valence-corrected chi connectivity index (χ0v) is 25.1. The lowest BCUT2D eigenvalue weighted by Gasteiger charge is -2.35. The molecule has 1 fully saturated rings. The third-order valence-electron chi connectivity index (χ3n) is 6.68. The molecule has 13 heteroatoms. The van der Waals surface area contributed by atoms with Crippen molar-refractivity contribution in [3.05, 3.63) is 83.6 Å². The molecule has 238 valence electrons. The Kier molecular flexibility index (Phi) is 11.5. The molecule has 10 nitrogen and oxygen atoms in total. The van der Waals surface area contributed by atoms with Gasteiger partial charge in [0, 0.05) is 39.6 Å². The molecule has 1 atom stereocenters. The van der Waals surface area contributed by atoms with Crippen molar-refractivity contribution < 1.29 is 41.8 Å². The number of oxazole rings is 1. The molecule has 2 aromatic carbocycles. The number of aliphatic carboxylic acids is 1. The number of rotatable bonds is 8. The van der Waals surface area contributed by atoms with Crippen LogP contribution in [0.15, 0.2) is 65.3 Å². The van der Waals surface area contributed by atoms with Crippen LogP contribution in [0.2, 0.25) is 0 Å². The van der Waals surface area contributed by atoms with Crippen LogP contribution in [0.1, 0.15) is 54.3 Å². The number of aryl methyl sites for hydroxylation is 1. The number of benzene rings is 2. The highest BCUT2D eigenvalue weighted by atomic mass is 19.4. The smallest absolute Gasteiger partial charge is 0.490 e. The van der Waals surface area contributed by atoms with E-state index in [1.807, 2.05) is 66.4 Å². The summed E-state index contributed by atoms with van der Waals surface area (Å²) in [6.07, 6.45) is -3.67. The highest BCUT2D eigenvalue weighted by Gasteiger charge is 2.39. The molecule has 0 saturated carbocycles. The topological polar surface area (TPSA) is 125 Å². The van der Waals surface area contributed by atoms with Gasteiger partial charge in [-0.3, -0.25) is 14.5 Å². The number of carbonyl (C=O) groups excluding carboxylic acids is 2. The van der Waals surface area contributed by atoms with Crippen LogP contribution in [-0.4, -0.2) is 76.6 Å². The van der Waals surface area contributed by atoms with Gasteiger partial charge < -0.3 is 24.5 Å². The maximum absolute atomic E-state index is 13.8. The Balaban J connectivity index is 0.000000676. The van der Waals surface area contributed by atoms with Gasteiger partial charge in [0.1, 0.15) is 18.1 Å². The molecule has 0 radical (unpaired) electrons. The molecule has 2 amide bonds. The number of carboxylic acids is 1. The summed E-state index contributed by atoms with van der Waals surface area (Å²) in [6.45, 7) is 11.1. The molecule has 1 aliphatic heterocycles. The van der Waals surface area contributed by atoms with Gasteiger partial charge in [0.25, 0.3) is 5.91 Å². The molecular weight excluding hydrogens is 581 g/mol. The molecule has 44 heavy (non-hydrogen) atoms. The van der Waals surface area contributed by atoms with Crippen LogP contribution in [0.5, 0.6) is 5.75 Å². The highest BCUT2D eigenvalue weighted by Crippen LogP contribution is 2.31. The summed E-state index contributed by atoms with van der Waals surface area (Å²) in [6, 6.07) is 17.1. The van der Waals surface area contributed by atoms with Crippen LogP contribution in [0, 0.1) is 12.3 Å². The number of alkyl halides is 3. The number of nitrogens with one attached hydrogen (secondary N) is 1. The number of hydrogen-bond acceptors (Lipinski definition) is 7. The number of hydrogen-bond donors (Lipinski definition) is 2. The van der Waals surface area contributed by atoms with Crippen molar-refractivity contribution in [2.24, 2.45) is 5.41 Å². The minimum absolute atomic E-state index is 0.0831. The summed E-state index contributed by atoms with van der Waals surface area (Å²) in [7, 11) is 0. The highest BCUT2D eigenvalue weighted by molar-refractivity contribution is 5.92. The fourth-order valence-corrected chi connectivity index (χ4v) is 4.89. The fourth-order valence-electron chi connectivity index (χ4n) is 4.89. The molecule has 1 unspecified atom stereocenters. The molecule has 1 aromatic heterocycles. The molecular formula is C31H37F3N4O6. The Hall–Kier alpha value is -4.39. The normalized spacial score (nSPS) is 15.8. The van der Waals surface area contributed by atoms with Gasteiger partial charge in [-0.1, -0.05) is 56.3 Å². The Morgan fingerprint density at radius 3 is 2.36 bits per heavy atom. The van der Waals surface area contributed by atoms with E-state index in [2.05, 4.69) is 29.0 Å². The summed E-state index contributed by atoms with van der Waals surface area (Å²) in [5, 5.41) is 10.3. The quantitative estimate of drug-likeness (QED) is 0.367. The summed E-state index contributed by atoms with van der Waals surface area (Å²) in [5.74, 6) is -1.81. The number of amides is 2. The lowest BCUT2D eigenvalue weighted by Crippen LogP contribution is -2.44. The van der Waals surface area contributed by atoms with E-state index in [-0.39, 0.29) is 17.2 Å². The van der Waals surface area contributed by atoms with Crippen molar-refractivity contribution in [3.8, 4) is 5.75 Å².